The number of rotatable bonds is 3. The molecule has 1 rings (SSSR count). The number of nitrogens with two attached hydrogens (primary N) is 1. The van der Waals surface area contributed by atoms with Gasteiger partial charge >= 0.3 is 6.03 Å². The molecule has 1 aliphatic heterocycles. The van der Waals surface area contributed by atoms with E-state index in [2.05, 4.69) is 16.8 Å². The molecule has 5 nitrogen and oxygen atoms in total. The first kappa shape index (κ1) is 13.0. The van der Waals surface area contributed by atoms with Gasteiger partial charge in [0.15, 0.2) is 0 Å². The third kappa shape index (κ3) is 3.48. The lowest BCUT2D eigenvalue weighted by molar-refractivity contribution is 0.140. The second-order valence-corrected chi connectivity index (χ2v) is 4.24. The number of amides is 2. The first-order chi connectivity index (χ1) is 7.69. The van der Waals surface area contributed by atoms with Crippen LogP contribution in [0.25, 0.3) is 0 Å². The monoisotopic (exact) mass is 226 g/mol. The van der Waals surface area contributed by atoms with E-state index in [0.717, 1.165) is 38.8 Å². The third-order valence-corrected chi connectivity index (χ3v) is 3.13. The Kier molecular flexibility index (Phi) is 5.25. The molecule has 0 spiro atoms. The fourth-order valence-corrected chi connectivity index (χ4v) is 2.16. The van der Waals surface area contributed by atoms with Crippen molar-refractivity contribution in [3.8, 4) is 0 Å². The van der Waals surface area contributed by atoms with Gasteiger partial charge in [-0.1, -0.05) is 6.92 Å². The molecule has 92 valence electrons. The second kappa shape index (κ2) is 6.48. The zero-order valence-corrected chi connectivity index (χ0v) is 10.2. The number of aliphatic imine (C=N–C) groups is 1. The van der Waals surface area contributed by atoms with E-state index in [9.17, 15) is 4.79 Å². The van der Waals surface area contributed by atoms with Crippen molar-refractivity contribution in [1.29, 1.82) is 0 Å². The summed E-state index contributed by atoms with van der Waals surface area (Å²) >= 11 is 0. The van der Waals surface area contributed by atoms with Crippen molar-refractivity contribution in [2.45, 2.75) is 32.2 Å². The topological polar surface area (TPSA) is 61.9 Å². The van der Waals surface area contributed by atoms with Crippen molar-refractivity contribution in [1.82, 2.24) is 9.80 Å². The summed E-state index contributed by atoms with van der Waals surface area (Å²) in [4.78, 5) is 19.2. The molecule has 1 heterocycles. The molecule has 0 aromatic carbocycles. The Morgan fingerprint density at radius 1 is 1.56 bits per heavy atom. The molecule has 0 aliphatic carbocycles. The summed E-state index contributed by atoms with van der Waals surface area (Å²) in [6.45, 7) is 5.49. The van der Waals surface area contributed by atoms with Crippen molar-refractivity contribution < 1.29 is 4.79 Å². The molecule has 0 bridgehead atoms. The Bertz CT molecular complexity index is 246. The molecule has 1 aliphatic rings. The molecule has 0 atom stereocenters. The normalized spacial score (nSPS) is 19.1. The van der Waals surface area contributed by atoms with Gasteiger partial charge in [-0.3, -0.25) is 0 Å². The van der Waals surface area contributed by atoms with E-state index in [-0.39, 0.29) is 6.03 Å². The minimum absolute atomic E-state index is 0.239. The molecule has 0 unspecified atom stereocenters. The van der Waals surface area contributed by atoms with Gasteiger partial charge in [0.2, 0.25) is 0 Å². The number of carbonyl (C=O) groups excluding carboxylic acids is 1. The fourth-order valence-electron chi connectivity index (χ4n) is 2.16. The highest BCUT2D eigenvalue weighted by molar-refractivity contribution is 5.82. The highest BCUT2D eigenvalue weighted by Gasteiger charge is 2.24. The Hall–Kier alpha value is -1.10. The Morgan fingerprint density at radius 2 is 2.19 bits per heavy atom. The molecule has 2 amide bonds. The lowest BCUT2D eigenvalue weighted by Gasteiger charge is -2.35. The van der Waals surface area contributed by atoms with E-state index in [4.69, 9.17) is 5.73 Å². The van der Waals surface area contributed by atoms with E-state index < -0.39 is 0 Å². The van der Waals surface area contributed by atoms with Crippen LogP contribution in [0.15, 0.2) is 4.99 Å². The van der Waals surface area contributed by atoms with Gasteiger partial charge in [-0.2, -0.15) is 4.99 Å². The summed E-state index contributed by atoms with van der Waals surface area (Å²) < 4.78 is 0. The zero-order valence-electron chi connectivity index (χ0n) is 10.2. The summed E-state index contributed by atoms with van der Waals surface area (Å²) in [5, 5.41) is 0. The SMILES string of the molecule is CCCN1CCC(N(C)C(=O)/N=C/N)CC1. The van der Waals surface area contributed by atoms with Crippen LogP contribution in [0.5, 0.6) is 0 Å². The van der Waals surface area contributed by atoms with Gasteiger partial charge in [0.05, 0.1) is 6.34 Å². The third-order valence-electron chi connectivity index (χ3n) is 3.13. The highest BCUT2D eigenvalue weighted by Crippen LogP contribution is 2.16. The largest absolute Gasteiger partial charge is 0.390 e. The van der Waals surface area contributed by atoms with Crippen molar-refractivity contribution in [3.63, 3.8) is 0 Å². The molecule has 0 aromatic heterocycles. The quantitative estimate of drug-likeness (QED) is 0.574. The molecule has 0 radical (unpaired) electrons. The van der Waals surface area contributed by atoms with Gasteiger partial charge in [0, 0.05) is 26.2 Å². The van der Waals surface area contributed by atoms with Crippen LogP contribution in [0.3, 0.4) is 0 Å². The summed E-state index contributed by atoms with van der Waals surface area (Å²) in [6.07, 6.45) is 4.31. The van der Waals surface area contributed by atoms with Gasteiger partial charge in [-0.05, 0) is 25.8 Å². The maximum Gasteiger partial charge on any atom is 0.344 e. The predicted molar refractivity (Wildman–Crippen MR) is 65.6 cm³/mol. The van der Waals surface area contributed by atoms with Gasteiger partial charge in [0.1, 0.15) is 0 Å². The van der Waals surface area contributed by atoms with E-state index >= 15 is 0 Å². The predicted octanol–water partition coefficient (Wildman–Crippen LogP) is 0.900. The average Bonchev–Trinajstić information content (AvgIpc) is 2.30. The molecule has 5 heteroatoms. The van der Waals surface area contributed by atoms with Crippen molar-refractivity contribution in [2.75, 3.05) is 26.7 Å². The smallest absolute Gasteiger partial charge is 0.344 e. The zero-order chi connectivity index (χ0) is 12.0. The molecule has 0 saturated carbocycles. The standard InChI is InChI=1S/C11H22N4O/c1-3-6-15-7-4-10(5-8-15)14(2)11(16)13-9-12/h9-10H,3-8H2,1-2H3,(H2,12,13,16). The van der Waals surface area contributed by atoms with E-state index in [1.54, 1.807) is 11.9 Å². The van der Waals surface area contributed by atoms with Crippen LogP contribution < -0.4 is 5.73 Å². The molecule has 0 aromatic rings. The van der Waals surface area contributed by atoms with Crippen LogP contribution in [-0.2, 0) is 0 Å². The first-order valence-corrected chi connectivity index (χ1v) is 5.92. The van der Waals surface area contributed by atoms with Gasteiger partial charge in [0.25, 0.3) is 0 Å². The first-order valence-electron chi connectivity index (χ1n) is 5.92. The minimum atomic E-state index is -0.239. The number of nitrogens with zero attached hydrogens (tertiary/aromatic N) is 3. The molecule has 2 N–H and O–H groups in total. The molecule has 16 heavy (non-hydrogen) atoms. The maximum atomic E-state index is 11.5. The van der Waals surface area contributed by atoms with Crippen molar-refractivity contribution in [3.05, 3.63) is 0 Å². The Morgan fingerprint density at radius 3 is 2.69 bits per heavy atom. The van der Waals surface area contributed by atoms with Gasteiger partial charge in [-0.25, -0.2) is 4.79 Å². The Labute approximate surface area is 97.3 Å². The van der Waals surface area contributed by atoms with E-state index in [0.29, 0.717) is 6.04 Å². The van der Waals surface area contributed by atoms with Crippen LogP contribution >= 0.6 is 0 Å². The van der Waals surface area contributed by atoms with Crippen LogP contribution in [-0.4, -0.2) is 54.9 Å². The molecule has 1 fully saturated rings. The van der Waals surface area contributed by atoms with Crippen LogP contribution in [0.2, 0.25) is 0 Å². The number of carbonyl (C=O) groups is 1. The maximum absolute atomic E-state index is 11.5. The summed E-state index contributed by atoms with van der Waals surface area (Å²) in [7, 11) is 1.80. The van der Waals surface area contributed by atoms with E-state index in [1.165, 1.54) is 6.42 Å². The lowest BCUT2D eigenvalue weighted by Crippen LogP contribution is -2.45. The summed E-state index contributed by atoms with van der Waals surface area (Å²) in [5.41, 5.74) is 5.11. The second-order valence-electron chi connectivity index (χ2n) is 4.24. The van der Waals surface area contributed by atoms with Crippen LogP contribution in [0.1, 0.15) is 26.2 Å². The number of urea groups is 1. The lowest BCUT2D eigenvalue weighted by atomic mass is 10.0. The highest BCUT2D eigenvalue weighted by atomic mass is 16.2. The Balaban J connectivity index is 2.38. The van der Waals surface area contributed by atoms with Crippen molar-refractivity contribution in [2.24, 2.45) is 10.7 Å². The van der Waals surface area contributed by atoms with E-state index in [1.807, 2.05) is 0 Å². The summed E-state index contributed by atoms with van der Waals surface area (Å²) in [5.74, 6) is 0. The molecular formula is C11H22N4O. The van der Waals surface area contributed by atoms with Gasteiger partial charge in [-0.15, -0.1) is 0 Å². The van der Waals surface area contributed by atoms with Crippen LogP contribution in [0, 0.1) is 0 Å². The van der Waals surface area contributed by atoms with Crippen molar-refractivity contribution >= 4 is 12.4 Å². The number of likely N-dealkylation sites (tertiary alicyclic amines) is 1. The number of hydrogen-bond acceptors (Lipinski definition) is 2. The van der Waals surface area contributed by atoms with Crippen LogP contribution in [0.4, 0.5) is 4.79 Å². The average molecular weight is 226 g/mol. The molecular weight excluding hydrogens is 204 g/mol. The number of hydrogen-bond donors (Lipinski definition) is 1. The minimum Gasteiger partial charge on any atom is -0.390 e. The molecule has 1 saturated heterocycles. The van der Waals surface area contributed by atoms with Gasteiger partial charge < -0.3 is 15.5 Å². The fraction of sp³-hybridized carbons (Fsp3) is 0.818. The number of piperidine rings is 1. The summed E-state index contributed by atoms with van der Waals surface area (Å²) in [6, 6.07) is 0.0701.